The van der Waals surface area contributed by atoms with Crippen LogP contribution in [-0.4, -0.2) is 5.78 Å². The summed E-state index contributed by atoms with van der Waals surface area (Å²) >= 11 is 3.48. The van der Waals surface area contributed by atoms with Gasteiger partial charge in [-0.25, -0.2) is 0 Å². The van der Waals surface area contributed by atoms with Crippen molar-refractivity contribution in [2.45, 2.75) is 31.1 Å². The van der Waals surface area contributed by atoms with Crippen LogP contribution in [0.2, 0.25) is 0 Å². The molecular weight excluding hydrogens is 240 g/mol. The molecule has 72 valence electrons. The van der Waals surface area contributed by atoms with Crippen LogP contribution in [0.1, 0.15) is 41.6 Å². The fourth-order valence-corrected chi connectivity index (χ4v) is 2.85. The molecule has 0 unspecified atom stereocenters. The summed E-state index contributed by atoms with van der Waals surface area (Å²) in [5, 5.41) is 0. The molecular formula is C12H11BrO. The van der Waals surface area contributed by atoms with Crippen LogP contribution in [-0.2, 0) is 5.41 Å². The van der Waals surface area contributed by atoms with Crippen molar-refractivity contribution < 1.29 is 4.79 Å². The second-order valence-electron chi connectivity index (χ2n) is 4.39. The fourth-order valence-electron chi connectivity index (χ4n) is 2.49. The van der Waals surface area contributed by atoms with Gasteiger partial charge >= 0.3 is 0 Å². The molecule has 0 aromatic heterocycles. The standard InChI is InChI=1S/C12H11BrO/c13-8-1-2-9-10(7-8)12(5-6-12)4-3-11(9)14/h1-2,7H,3-6H2. The van der Waals surface area contributed by atoms with E-state index in [1.807, 2.05) is 12.1 Å². The minimum absolute atomic E-state index is 0.324. The van der Waals surface area contributed by atoms with Gasteiger partial charge in [-0.15, -0.1) is 0 Å². The molecule has 1 saturated carbocycles. The third-order valence-electron chi connectivity index (χ3n) is 3.54. The zero-order chi connectivity index (χ0) is 9.76. The Morgan fingerprint density at radius 2 is 2.00 bits per heavy atom. The molecule has 1 fully saturated rings. The molecule has 2 aliphatic carbocycles. The van der Waals surface area contributed by atoms with Crippen molar-refractivity contribution in [1.29, 1.82) is 0 Å². The van der Waals surface area contributed by atoms with E-state index in [0.717, 1.165) is 22.9 Å². The molecule has 14 heavy (non-hydrogen) atoms. The van der Waals surface area contributed by atoms with Gasteiger partial charge < -0.3 is 0 Å². The van der Waals surface area contributed by atoms with Crippen molar-refractivity contribution in [2.24, 2.45) is 0 Å². The Hall–Kier alpha value is -0.630. The van der Waals surface area contributed by atoms with Gasteiger partial charge in [0, 0.05) is 16.5 Å². The average Bonchev–Trinajstić information content (AvgIpc) is 2.93. The monoisotopic (exact) mass is 250 g/mol. The van der Waals surface area contributed by atoms with Gasteiger partial charge in [-0.05, 0) is 48.4 Å². The molecule has 0 radical (unpaired) electrons. The van der Waals surface area contributed by atoms with Crippen molar-refractivity contribution in [3.05, 3.63) is 33.8 Å². The van der Waals surface area contributed by atoms with Crippen LogP contribution in [0.3, 0.4) is 0 Å². The molecule has 0 N–H and O–H groups in total. The highest BCUT2D eigenvalue weighted by atomic mass is 79.9. The molecule has 1 aromatic rings. The number of benzene rings is 1. The Balaban J connectivity index is 2.22. The van der Waals surface area contributed by atoms with Crippen LogP contribution in [0, 0.1) is 0 Å². The van der Waals surface area contributed by atoms with E-state index in [9.17, 15) is 4.79 Å². The van der Waals surface area contributed by atoms with E-state index in [0.29, 0.717) is 11.2 Å². The lowest BCUT2D eigenvalue weighted by atomic mass is 9.80. The van der Waals surface area contributed by atoms with Crippen molar-refractivity contribution in [2.75, 3.05) is 0 Å². The van der Waals surface area contributed by atoms with Gasteiger partial charge in [-0.2, -0.15) is 0 Å². The summed E-state index contributed by atoms with van der Waals surface area (Å²) in [5.74, 6) is 0.324. The third-order valence-corrected chi connectivity index (χ3v) is 4.03. The number of ketones is 1. The van der Waals surface area contributed by atoms with Gasteiger partial charge in [0.25, 0.3) is 0 Å². The summed E-state index contributed by atoms with van der Waals surface area (Å²) in [6.45, 7) is 0. The number of hydrogen-bond donors (Lipinski definition) is 0. The topological polar surface area (TPSA) is 17.1 Å². The number of Topliss-reactive ketones (excluding diaryl/α,β-unsaturated/α-hetero) is 1. The van der Waals surface area contributed by atoms with Crippen LogP contribution in [0.15, 0.2) is 22.7 Å². The zero-order valence-corrected chi connectivity index (χ0v) is 9.43. The van der Waals surface area contributed by atoms with Crippen LogP contribution in [0.4, 0.5) is 0 Å². The number of rotatable bonds is 0. The van der Waals surface area contributed by atoms with Crippen LogP contribution in [0.5, 0.6) is 0 Å². The van der Waals surface area contributed by atoms with Gasteiger partial charge in [-0.3, -0.25) is 4.79 Å². The van der Waals surface area contributed by atoms with Gasteiger partial charge in [0.1, 0.15) is 0 Å². The summed E-state index contributed by atoms with van der Waals surface area (Å²) in [7, 11) is 0. The Labute approximate surface area is 91.6 Å². The van der Waals surface area contributed by atoms with E-state index in [1.165, 1.54) is 18.4 Å². The second-order valence-corrected chi connectivity index (χ2v) is 5.31. The molecule has 0 bridgehead atoms. The smallest absolute Gasteiger partial charge is 0.163 e. The van der Waals surface area contributed by atoms with Crippen molar-refractivity contribution in [3.8, 4) is 0 Å². The second kappa shape index (κ2) is 2.69. The minimum Gasteiger partial charge on any atom is -0.294 e. The number of carbonyl (C=O) groups excluding carboxylic acids is 1. The molecule has 0 saturated heterocycles. The molecule has 3 rings (SSSR count). The number of hydrogen-bond acceptors (Lipinski definition) is 1. The summed E-state index contributed by atoms with van der Waals surface area (Å²) in [6.07, 6.45) is 4.34. The lowest BCUT2D eigenvalue weighted by Gasteiger charge is -2.24. The molecule has 0 atom stereocenters. The lowest BCUT2D eigenvalue weighted by molar-refractivity contribution is 0.0964. The maximum Gasteiger partial charge on any atom is 0.163 e. The molecule has 0 heterocycles. The first-order valence-corrected chi connectivity index (χ1v) is 5.84. The molecule has 2 heteroatoms. The van der Waals surface area contributed by atoms with E-state index in [2.05, 4.69) is 22.0 Å². The van der Waals surface area contributed by atoms with Crippen LogP contribution in [0.25, 0.3) is 0 Å². The third kappa shape index (κ3) is 1.10. The highest BCUT2D eigenvalue weighted by molar-refractivity contribution is 9.10. The van der Waals surface area contributed by atoms with Crippen molar-refractivity contribution >= 4 is 21.7 Å². The van der Waals surface area contributed by atoms with E-state index >= 15 is 0 Å². The van der Waals surface area contributed by atoms with E-state index < -0.39 is 0 Å². The molecule has 0 aliphatic heterocycles. The molecule has 1 nitrogen and oxygen atoms in total. The van der Waals surface area contributed by atoms with E-state index in [-0.39, 0.29) is 0 Å². The number of carbonyl (C=O) groups is 1. The highest BCUT2D eigenvalue weighted by Crippen LogP contribution is 2.55. The van der Waals surface area contributed by atoms with Gasteiger partial charge in [-0.1, -0.05) is 15.9 Å². The summed E-state index contributed by atoms with van der Waals surface area (Å²) in [6, 6.07) is 6.08. The fraction of sp³-hybridized carbons (Fsp3) is 0.417. The molecule has 1 spiro atoms. The Morgan fingerprint density at radius 3 is 2.71 bits per heavy atom. The maximum absolute atomic E-state index is 11.7. The summed E-state index contributed by atoms with van der Waals surface area (Å²) in [4.78, 5) is 11.7. The maximum atomic E-state index is 11.7. The average molecular weight is 251 g/mol. The van der Waals surface area contributed by atoms with Crippen molar-refractivity contribution in [3.63, 3.8) is 0 Å². The minimum atomic E-state index is 0.324. The van der Waals surface area contributed by atoms with Crippen molar-refractivity contribution in [1.82, 2.24) is 0 Å². The number of fused-ring (bicyclic) bond motifs is 2. The largest absolute Gasteiger partial charge is 0.294 e. The Kier molecular flexibility index (Phi) is 1.67. The Morgan fingerprint density at radius 1 is 1.21 bits per heavy atom. The molecule has 2 aliphatic rings. The van der Waals surface area contributed by atoms with Gasteiger partial charge in [0.05, 0.1) is 0 Å². The highest BCUT2D eigenvalue weighted by Gasteiger charge is 2.48. The first-order chi connectivity index (χ1) is 6.71. The van der Waals surface area contributed by atoms with Gasteiger partial charge in [0.15, 0.2) is 5.78 Å². The summed E-state index contributed by atoms with van der Waals surface area (Å²) < 4.78 is 1.09. The first kappa shape index (κ1) is 8.66. The normalized spacial score (nSPS) is 22.2. The predicted molar refractivity (Wildman–Crippen MR) is 58.6 cm³/mol. The number of halogens is 1. The predicted octanol–water partition coefficient (Wildman–Crippen LogP) is 3.46. The molecule has 0 amide bonds. The van der Waals surface area contributed by atoms with Crippen LogP contribution < -0.4 is 0 Å². The van der Waals surface area contributed by atoms with E-state index in [1.54, 1.807) is 0 Å². The van der Waals surface area contributed by atoms with Gasteiger partial charge in [0.2, 0.25) is 0 Å². The quantitative estimate of drug-likeness (QED) is 0.690. The summed E-state index contributed by atoms with van der Waals surface area (Å²) in [5.41, 5.74) is 2.65. The lowest BCUT2D eigenvalue weighted by Crippen LogP contribution is -2.20. The molecule has 1 aromatic carbocycles. The SMILES string of the molecule is O=C1CCC2(CC2)c2cc(Br)ccc21. The van der Waals surface area contributed by atoms with E-state index in [4.69, 9.17) is 0 Å². The Bertz CT molecular complexity index is 418. The van der Waals surface area contributed by atoms with Crippen LogP contribution >= 0.6 is 15.9 Å². The zero-order valence-electron chi connectivity index (χ0n) is 7.85. The first-order valence-electron chi connectivity index (χ1n) is 5.05.